The number of aryl methyl sites for hydroxylation is 2. The molecule has 1 saturated heterocycles. The van der Waals surface area contributed by atoms with Gasteiger partial charge in [-0.25, -0.2) is 4.98 Å². The van der Waals surface area contributed by atoms with E-state index in [-0.39, 0.29) is 5.60 Å². The first-order chi connectivity index (χ1) is 13.1. The van der Waals surface area contributed by atoms with Crippen LogP contribution in [0.5, 0.6) is 0 Å². The minimum Gasteiger partial charge on any atom is -0.364 e. The van der Waals surface area contributed by atoms with Gasteiger partial charge in [0.05, 0.1) is 24.6 Å². The second kappa shape index (κ2) is 6.32. The van der Waals surface area contributed by atoms with E-state index in [0.717, 1.165) is 38.4 Å². The highest BCUT2D eigenvalue weighted by molar-refractivity contribution is 5.60. The van der Waals surface area contributed by atoms with Crippen LogP contribution in [0, 0.1) is 6.92 Å². The largest absolute Gasteiger partial charge is 0.364 e. The number of likely N-dealkylation sites (tertiary alicyclic amines) is 1. The quantitative estimate of drug-likeness (QED) is 0.718. The molecule has 4 heterocycles. The van der Waals surface area contributed by atoms with Crippen molar-refractivity contribution in [3.05, 3.63) is 59.8 Å². The van der Waals surface area contributed by atoms with Gasteiger partial charge in [-0.2, -0.15) is 5.10 Å². The summed E-state index contributed by atoms with van der Waals surface area (Å²) in [6.07, 6.45) is 7.10. The van der Waals surface area contributed by atoms with Gasteiger partial charge in [0.25, 0.3) is 0 Å². The molecule has 27 heavy (non-hydrogen) atoms. The van der Waals surface area contributed by atoms with Crippen LogP contribution in [0.4, 0.5) is 0 Å². The lowest BCUT2D eigenvalue weighted by atomic mass is 10.0. The van der Waals surface area contributed by atoms with Crippen molar-refractivity contribution >= 4 is 0 Å². The fraction of sp³-hybridized carbons (Fsp3) is 0.429. The SMILES string of the molecule is Cc1cccc(-c2cnc3n2CC2(CCN(Cc4cnn(C)c4)C2)OC3)c1. The topological polar surface area (TPSA) is 48.1 Å². The first-order valence-electron chi connectivity index (χ1n) is 9.56. The van der Waals surface area contributed by atoms with Crippen molar-refractivity contribution in [2.24, 2.45) is 7.05 Å². The monoisotopic (exact) mass is 363 g/mol. The highest BCUT2D eigenvalue weighted by Gasteiger charge is 2.43. The molecule has 1 unspecified atom stereocenters. The average molecular weight is 363 g/mol. The summed E-state index contributed by atoms with van der Waals surface area (Å²) in [6.45, 7) is 6.53. The molecular weight excluding hydrogens is 338 g/mol. The summed E-state index contributed by atoms with van der Waals surface area (Å²) in [6, 6.07) is 8.65. The zero-order valence-corrected chi connectivity index (χ0v) is 15.9. The molecule has 1 aromatic carbocycles. The standard InChI is InChI=1S/C21H25N5O/c1-16-4-3-5-18(8-16)19-10-22-20-13-27-21(15-26(19)20)6-7-25(14-21)12-17-9-23-24(2)11-17/h3-5,8-11H,6-7,12-15H2,1-2H3. The Kier molecular flexibility index (Phi) is 3.91. The van der Waals surface area contributed by atoms with E-state index in [9.17, 15) is 0 Å². The molecule has 2 aliphatic heterocycles. The smallest absolute Gasteiger partial charge is 0.135 e. The minimum absolute atomic E-state index is 0.117. The molecule has 1 spiro atoms. The summed E-state index contributed by atoms with van der Waals surface area (Å²) in [4.78, 5) is 7.10. The number of aromatic nitrogens is 4. The van der Waals surface area contributed by atoms with Crippen molar-refractivity contribution in [1.29, 1.82) is 0 Å². The average Bonchev–Trinajstić information content (AvgIpc) is 3.35. The van der Waals surface area contributed by atoms with Crippen LogP contribution in [0.2, 0.25) is 0 Å². The van der Waals surface area contributed by atoms with E-state index in [2.05, 4.69) is 56.9 Å². The summed E-state index contributed by atoms with van der Waals surface area (Å²) < 4.78 is 10.6. The molecule has 1 fully saturated rings. The molecule has 0 bridgehead atoms. The highest BCUT2D eigenvalue weighted by Crippen LogP contribution is 2.35. The maximum Gasteiger partial charge on any atom is 0.135 e. The number of hydrogen-bond acceptors (Lipinski definition) is 4. The predicted molar refractivity (Wildman–Crippen MR) is 103 cm³/mol. The number of hydrogen-bond donors (Lipinski definition) is 0. The molecule has 3 aromatic rings. The lowest BCUT2D eigenvalue weighted by Crippen LogP contribution is -2.44. The van der Waals surface area contributed by atoms with E-state index in [0.29, 0.717) is 6.61 Å². The third-order valence-corrected chi connectivity index (χ3v) is 5.77. The fourth-order valence-corrected chi connectivity index (χ4v) is 4.41. The molecule has 0 amide bonds. The second-order valence-electron chi connectivity index (χ2n) is 7.97. The van der Waals surface area contributed by atoms with E-state index in [4.69, 9.17) is 4.74 Å². The molecule has 0 radical (unpaired) electrons. The first-order valence-corrected chi connectivity index (χ1v) is 9.56. The van der Waals surface area contributed by atoms with Gasteiger partial charge >= 0.3 is 0 Å². The lowest BCUT2D eigenvalue weighted by Gasteiger charge is -2.35. The van der Waals surface area contributed by atoms with E-state index < -0.39 is 0 Å². The summed E-state index contributed by atoms with van der Waals surface area (Å²) >= 11 is 0. The number of ether oxygens (including phenoxy) is 1. The van der Waals surface area contributed by atoms with Crippen LogP contribution in [0.3, 0.4) is 0 Å². The Hall–Kier alpha value is -2.44. The number of nitrogens with zero attached hydrogens (tertiary/aromatic N) is 5. The Bertz CT molecular complexity index is 975. The summed E-state index contributed by atoms with van der Waals surface area (Å²) in [5, 5.41) is 4.28. The minimum atomic E-state index is -0.117. The zero-order chi connectivity index (χ0) is 18.4. The third-order valence-electron chi connectivity index (χ3n) is 5.77. The maximum atomic E-state index is 6.35. The normalized spacial score (nSPS) is 22.4. The highest BCUT2D eigenvalue weighted by atomic mass is 16.5. The zero-order valence-electron chi connectivity index (χ0n) is 15.9. The Balaban J connectivity index is 1.37. The van der Waals surface area contributed by atoms with Crippen LogP contribution in [0.25, 0.3) is 11.3 Å². The van der Waals surface area contributed by atoms with Crippen molar-refractivity contribution in [1.82, 2.24) is 24.2 Å². The number of imidazole rings is 1. The molecule has 1 atom stereocenters. The molecule has 6 heteroatoms. The Morgan fingerprint density at radius 2 is 2.15 bits per heavy atom. The van der Waals surface area contributed by atoms with Crippen molar-refractivity contribution in [2.45, 2.75) is 38.6 Å². The van der Waals surface area contributed by atoms with Gasteiger partial charge in [-0.1, -0.05) is 23.8 Å². The molecule has 2 aliphatic rings. The van der Waals surface area contributed by atoms with E-state index >= 15 is 0 Å². The first kappa shape index (κ1) is 16.7. The van der Waals surface area contributed by atoms with Crippen molar-refractivity contribution in [3.8, 4) is 11.3 Å². The molecule has 0 saturated carbocycles. The molecule has 2 aromatic heterocycles. The number of benzene rings is 1. The van der Waals surface area contributed by atoms with E-state index in [1.807, 2.05) is 24.1 Å². The summed E-state index contributed by atoms with van der Waals surface area (Å²) in [7, 11) is 1.96. The van der Waals surface area contributed by atoms with Crippen molar-refractivity contribution < 1.29 is 4.74 Å². The van der Waals surface area contributed by atoms with Gasteiger partial charge in [0.1, 0.15) is 18.0 Å². The third kappa shape index (κ3) is 3.09. The van der Waals surface area contributed by atoms with Gasteiger partial charge in [0.15, 0.2) is 0 Å². The number of rotatable bonds is 3. The Labute approximate surface area is 159 Å². The van der Waals surface area contributed by atoms with Crippen molar-refractivity contribution in [3.63, 3.8) is 0 Å². The molecule has 0 aliphatic carbocycles. The molecule has 140 valence electrons. The van der Waals surface area contributed by atoms with Gasteiger partial charge < -0.3 is 9.30 Å². The molecular formula is C21H25N5O. The van der Waals surface area contributed by atoms with Crippen LogP contribution in [0.1, 0.15) is 23.4 Å². The maximum absolute atomic E-state index is 6.35. The van der Waals surface area contributed by atoms with Crippen LogP contribution in [-0.4, -0.2) is 42.9 Å². The second-order valence-corrected chi connectivity index (χ2v) is 7.97. The Morgan fingerprint density at radius 3 is 2.96 bits per heavy atom. The summed E-state index contributed by atoms with van der Waals surface area (Å²) in [5.74, 6) is 1.03. The van der Waals surface area contributed by atoms with Crippen LogP contribution < -0.4 is 0 Å². The molecule has 5 rings (SSSR count). The van der Waals surface area contributed by atoms with Gasteiger partial charge in [-0.3, -0.25) is 9.58 Å². The predicted octanol–water partition coefficient (Wildman–Crippen LogP) is 2.77. The molecule has 6 nitrogen and oxygen atoms in total. The summed E-state index contributed by atoms with van der Waals surface area (Å²) in [5.41, 5.74) is 4.84. The van der Waals surface area contributed by atoms with E-state index in [1.165, 1.54) is 22.4 Å². The lowest BCUT2D eigenvalue weighted by molar-refractivity contribution is -0.0821. The number of fused-ring (bicyclic) bond motifs is 1. The fourth-order valence-electron chi connectivity index (χ4n) is 4.41. The van der Waals surface area contributed by atoms with Crippen LogP contribution in [-0.2, 0) is 31.5 Å². The Morgan fingerprint density at radius 1 is 1.22 bits per heavy atom. The molecule has 0 N–H and O–H groups in total. The van der Waals surface area contributed by atoms with Gasteiger partial charge in [-0.05, 0) is 19.4 Å². The van der Waals surface area contributed by atoms with Gasteiger partial charge in [0.2, 0.25) is 0 Å². The van der Waals surface area contributed by atoms with Crippen LogP contribution in [0.15, 0.2) is 42.9 Å². The van der Waals surface area contributed by atoms with Crippen molar-refractivity contribution in [2.75, 3.05) is 13.1 Å². The van der Waals surface area contributed by atoms with Gasteiger partial charge in [-0.15, -0.1) is 0 Å². The van der Waals surface area contributed by atoms with Gasteiger partial charge in [0, 0.05) is 44.0 Å². The van der Waals surface area contributed by atoms with Crippen LogP contribution >= 0.6 is 0 Å². The van der Waals surface area contributed by atoms with E-state index in [1.54, 1.807) is 0 Å².